The van der Waals surface area contributed by atoms with Gasteiger partial charge in [-0.3, -0.25) is 0 Å². The summed E-state index contributed by atoms with van der Waals surface area (Å²) in [4.78, 5) is 4.85. The van der Waals surface area contributed by atoms with Gasteiger partial charge in [-0.05, 0) is 46.0 Å². The van der Waals surface area contributed by atoms with Crippen molar-refractivity contribution in [3.8, 4) is 50.9 Å². The van der Waals surface area contributed by atoms with Crippen molar-refractivity contribution in [3.05, 3.63) is 82.9 Å². The summed E-state index contributed by atoms with van der Waals surface area (Å²) < 4.78 is 44.1. The number of phenolic OH excluding ortho intramolecular Hbond substituents is 2. The number of nitrogens with zero attached hydrogens (tertiary/aromatic N) is 1. The van der Waals surface area contributed by atoms with E-state index in [0.29, 0.717) is 46.5 Å². The molecule has 0 amide bonds. The number of aromatic hydroxyl groups is 2. The van der Waals surface area contributed by atoms with Gasteiger partial charge < -0.3 is 14.9 Å². The largest absolute Gasteiger partial charge is 0.573 e. The molecule has 1 aromatic heterocycles. The van der Waals surface area contributed by atoms with E-state index in [4.69, 9.17) is 4.98 Å². The lowest BCUT2D eigenvalue weighted by Crippen LogP contribution is -2.17. The molecule has 3 aromatic carbocycles. The first kappa shape index (κ1) is 19.7. The van der Waals surface area contributed by atoms with Gasteiger partial charge in [-0.1, -0.05) is 42.5 Å². The van der Waals surface area contributed by atoms with Crippen molar-refractivity contribution in [1.82, 2.24) is 4.98 Å². The smallest absolute Gasteiger partial charge is 0.507 e. The monoisotopic (exact) mass is 447 g/mol. The normalized spacial score (nSPS) is 13.3. The Morgan fingerprint density at radius 1 is 0.697 bits per heavy atom. The molecule has 2 aliphatic rings. The lowest BCUT2D eigenvalue weighted by Gasteiger charge is -2.19. The number of hydrogen-bond acceptors (Lipinski definition) is 4. The molecule has 0 unspecified atom stereocenters. The van der Waals surface area contributed by atoms with Crippen LogP contribution in [0.1, 0.15) is 22.3 Å². The van der Waals surface area contributed by atoms with Gasteiger partial charge in [0.05, 0.1) is 11.4 Å². The third-order valence-corrected chi connectivity index (χ3v) is 6.25. The number of pyridine rings is 1. The summed E-state index contributed by atoms with van der Waals surface area (Å²) in [6.45, 7) is 0. The minimum Gasteiger partial charge on any atom is -0.507 e. The number of ether oxygens (including phenoxy) is 1. The van der Waals surface area contributed by atoms with Gasteiger partial charge in [0.15, 0.2) is 0 Å². The summed E-state index contributed by atoms with van der Waals surface area (Å²) in [6.07, 6.45) is -4.02. The van der Waals surface area contributed by atoms with Crippen LogP contribution in [0.25, 0.3) is 33.6 Å². The second-order valence-electron chi connectivity index (χ2n) is 8.16. The Labute approximate surface area is 186 Å². The Morgan fingerprint density at radius 2 is 1.24 bits per heavy atom. The van der Waals surface area contributed by atoms with Crippen LogP contribution in [0.5, 0.6) is 17.2 Å². The molecule has 4 aromatic rings. The van der Waals surface area contributed by atoms with Gasteiger partial charge in [0, 0.05) is 29.5 Å². The molecular weight excluding hydrogens is 431 g/mol. The number of aromatic nitrogens is 1. The highest BCUT2D eigenvalue weighted by Gasteiger charge is 2.37. The van der Waals surface area contributed by atoms with E-state index in [2.05, 4.69) is 4.74 Å². The first-order chi connectivity index (χ1) is 15.8. The molecule has 1 heterocycles. The molecule has 0 saturated heterocycles. The van der Waals surface area contributed by atoms with Gasteiger partial charge in [-0.2, -0.15) is 0 Å². The second-order valence-corrected chi connectivity index (χ2v) is 8.16. The van der Waals surface area contributed by atoms with Crippen LogP contribution in [0, 0.1) is 0 Å². The fraction of sp³-hybridized carbons (Fsp3) is 0.115. The van der Waals surface area contributed by atoms with Crippen LogP contribution in [0.2, 0.25) is 0 Å². The molecule has 6 rings (SSSR count). The van der Waals surface area contributed by atoms with Gasteiger partial charge in [0.2, 0.25) is 0 Å². The summed E-state index contributed by atoms with van der Waals surface area (Å²) in [5, 5.41) is 21.2. The van der Waals surface area contributed by atoms with Crippen LogP contribution < -0.4 is 4.74 Å². The number of para-hydroxylation sites is 1. The van der Waals surface area contributed by atoms with Crippen LogP contribution in [0.4, 0.5) is 13.2 Å². The van der Waals surface area contributed by atoms with Crippen molar-refractivity contribution in [2.45, 2.75) is 19.2 Å². The Balaban J connectivity index is 1.70. The Bertz CT molecular complexity index is 1380. The Kier molecular flexibility index (Phi) is 4.02. The number of halogens is 3. The first-order valence-electron chi connectivity index (χ1n) is 10.3. The molecule has 0 aliphatic heterocycles. The number of fused-ring (bicyclic) bond motifs is 6. The van der Waals surface area contributed by atoms with E-state index in [1.165, 1.54) is 12.1 Å². The van der Waals surface area contributed by atoms with Gasteiger partial charge in [-0.25, -0.2) is 4.98 Å². The predicted molar refractivity (Wildman–Crippen MR) is 116 cm³/mol. The number of alkyl halides is 3. The molecule has 7 heteroatoms. The summed E-state index contributed by atoms with van der Waals surface area (Å²) in [5.41, 5.74) is 6.19. The first-order valence-corrected chi connectivity index (χ1v) is 10.3. The molecule has 0 saturated carbocycles. The maximum Gasteiger partial charge on any atom is 0.573 e. The number of hydrogen-bond donors (Lipinski definition) is 2. The molecule has 2 N–H and O–H groups in total. The molecular formula is C26H16F3NO3. The SMILES string of the molecule is Oc1cccc2c1-c1nc3c(c(-c4ccccc4OC(F)(F)F)c1C2)Cc1cccc(O)c1-3. The lowest BCUT2D eigenvalue weighted by atomic mass is 9.91. The zero-order valence-corrected chi connectivity index (χ0v) is 17.1. The highest BCUT2D eigenvalue weighted by molar-refractivity contribution is 5.94. The van der Waals surface area contributed by atoms with E-state index in [0.717, 1.165) is 22.3 Å². The van der Waals surface area contributed by atoms with E-state index in [1.54, 1.807) is 36.4 Å². The number of benzene rings is 3. The standard InChI is InChI=1S/C26H16F3NO3/c27-26(28,29)33-20-10-2-1-7-15(20)23-16-11-13-5-3-8-18(31)21(13)24(16)30-25-17(23)12-14-6-4-9-19(32)22(14)25/h1-10,31-32H,11-12H2. The fourth-order valence-electron chi connectivity index (χ4n) is 5.03. The molecule has 0 bridgehead atoms. The van der Waals surface area contributed by atoms with Gasteiger partial charge in [0.1, 0.15) is 17.2 Å². The van der Waals surface area contributed by atoms with Crippen LogP contribution >= 0.6 is 0 Å². The fourth-order valence-corrected chi connectivity index (χ4v) is 5.03. The number of phenols is 2. The quantitative estimate of drug-likeness (QED) is 0.332. The maximum absolute atomic E-state index is 13.2. The van der Waals surface area contributed by atoms with Crippen molar-refractivity contribution >= 4 is 0 Å². The average molecular weight is 447 g/mol. The molecule has 164 valence electrons. The Hall–Kier alpha value is -4.00. The topological polar surface area (TPSA) is 62.6 Å². The number of rotatable bonds is 2. The van der Waals surface area contributed by atoms with Crippen LogP contribution in [-0.4, -0.2) is 21.6 Å². The average Bonchev–Trinajstić information content (AvgIpc) is 3.31. The predicted octanol–water partition coefficient (Wildman–Crippen LogP) is 6.20. The third kappa shape index (κ3) is 2.96. The van der Waals surface area contributed by atoms with Gasteiger partial charge in [0.25, 0.3) is 0 Å². The zero-order valence-electron chi connectivity index (χ0n) is 17.1. The summed E-state index contributed by atoms with van der Waals surface area (Å²) in [6, 6.07) is 16.4. The molecule has 0 atom stereocenters. The van der Waals surface area contributed by atoms with Crippen molar-refractivity contribution in [2.75, 3.05) is 0 Å². The molecule has 33 heavy (non-hydrogen) atoms. The third-order valence-electron chi connectivity index (χ3n) is 6.25. The van der Waals surface area contributed by atoms with Crippen molar-refractivity contribution in [1.29, 1.82) is 0 Å². The van der Waals surface area contributed by atoms with Crippen molar-refractivity contribution < 1.29 is 28.1 Å². The molecule has 0 fully saturated rings. The van der Waals surface area contributed by atoms with E-state index < -0.39 is 6.36 Å². The zero-order chi connectivity index (χ0) is 22.9. The van der Waals surface area contributed by atoms with Gasteiger partial charge in [-0.15, -0.1) is 13.2 Å². The minimum atomic E-state index is -4.85. The van der Waals surface area contributed by atoms with E-state index >= 15 is 0 Å². The second kappa shape index (κ2) is 6.75. The van der Waals surface area contributed by atoms with E-state index in [1.807, 2.05) is 12.1 Å². The summed E-state index contributed by atoms with van der Waals surface area (Å²) in [7, 11) is 0. The summed E-state index contributed by atoms with van der Waals surface area (Å²) in [5.74, 6) is -0.194. The molecule has 0 radical (unpaired) electrons. The van der Waals surface area contributed by atoms with Crippen molar-refractivity contribution in [3.63, 3.8) is 0 Å². The molecule has 2 aliphatic carbocycles. The lowest BCUT2D eigenvalue weighted by molar-refractivity contribution is -0.274. The highest BCUT2D eigenvalue weighted by Crippen LogP contribution is 2.53. The van der Waals surface area contributed by atoms with Crippen LogP contribution in [0.15, 0.2) is 60.7 Å². The van der Waals surface area contributed by atoms with Gasteiger partial charge >= 0.3 is 6.36 Å². The minimum absolute atomic E-state index is 0.0555. The molecule has 0 spiro atoms. The van der Waals surface area contributed by atoms with E-state index in [9.17, 15) is 23.4 Å². The van der Waals surface area contributed by atoms with Crippen LogP contribution in [0.3, 0.4) is 0 Å². The Morgan fingerprint density at radius 3 is 1.79 bits per heavy atom. The molecule has 4 nitrogen and oxygen atoms in total. The van der Waals surface area contributed by atoms with Crippen LogP contribution in [-0.2, 0) is 12.8 Å². The maximum atomic E-state index is 13.2. The van der Waals surface area contributed by atoms with Crippen molar-refractivity contribution in [2.24, 2.45) is 0 Å². The highest BCUT2D eigenvalue weighted by atomic mass is 19.4. The summed E-state index contributed by atoms with van der Waals surface area (Å²) >= 11 is 0. The van der Waals surface area contributed by atoms with E-state index in [-0.39, 0.29) is 17.2 Å².